The summed E-state index contributed by atoms with van der Waals surface area (Å²) in [4.78, 5) is 0. The molecule has 0 unspecified atom stereocenters. The highest BCUT2D eigenvalue weighted by Gasteiger charge is 2.11. The zero-order valence-electron chi connectivity index (χ0n) is 19.9. The van der Waals surface area contributed by atoms with E-state index in [9.17, 15) is 0 Å². The zero-order valence-corrected chi connectivity index (χ0v) is 19.9. The van der Waals surface area contributed by atoms with E-state index in [1.807, 2.05) is 0 Å². The number of hydrogen-bond acceptors (Lipinski definition) is 1. The summed E-state index contributed by atoms with van der Waals surface area (Å²) >= 11 is 0. The Kier molecular flexibility index (Phi) is 5.03. The fraction of sp³-hybridized carbons (Fsp3) is 0.176. The second-order valence-corrected chi connectivity index (χ2v) is 9.97. The molecule has 4 heterocycles. The van der Waals surface area contributed by atoms with Gasteiger partial charge in [0.2, 0.25) is 0 Å². The maximum atomic E-state index is 6.23. The van der Waals surface area contributed by atoms with Crippen LogP contribution in [0.5, 0.6) is 0 Å². The van der Waals surface area contributed by atoms with Crippen molar-refractivity contribution in [3.63, 3.8) is 0 Å². The van der Waals surface area contributed by atoms with Gasteiger partial charge in [-0.1, -0.05) is 84.9 Å². The molecule has 0 N–H and O–H groups in total. The van der Waals surface area contributed by atoms with Gasteiger partial charge in [-0.05, 0) is 103 Å². The molecule has 0 saturated heterocycles. The molecular weight excluding hydrogens is 424 g/mol. The van der Waals surface area contributed by atoms with Crippen LogP contribution in [0.25, 0.3) is 43.1 Å². The topological polar surface area (TPSA) is 9.23 Å². The summed E-state index contributed by atoms with van der Waals surface area (Å²) < 4.78 is 6.23. The highest BCUT2D eigenvalue weighted by atomic mass is 16.5. The number of ether oxygens (including phenoxy) is 1. The molecule has 0 spiro atoms. The zero-order chi connectivity index (χ0) is 23.2. The molecule has 0 radical (unpaired) electrons. The molecule has 35 heavy (non-hydrogen) atoms. The van der Waals surface area contributed by atoms with Crippen LogP contribution in [0.4, 0.5) is 0 Å². The van der Waals surface area contributed by atoms with E-state index in [0.717, 1.165) is 12.8 Å². The van der Waals surface area contributed by atoms with Crippen molar-refractivity contribution in [1.82, 2.24) is 0 Å². The molecule has 10 rings (SSSR count). The van der Waals surface area contributed by atoms with Gasteiger partial charge >= 0.3 is 0 Å². The van der Waals surface area contributed by atoms with Crippen LogP contribution in [0.1, 0.15) is 35.1 Å². The molecule has 6 aromatic rings. The Morgan fingerprint density at radius 3 is 1.37 bits per heavy atom. The highest BCUT2D eigenvalue weighted by Crippen LogP contribution is 2.33. The maximum absolute atomic E-state index is 6.23. The van der Waals surface area contributed by atoms with Crippen LogP contribution in [-0.2, 0) is 30.8 Å². The van der Waals surface area contributed by atoms with Crippen LogP contribution in [0.2, 0.25) is 0 Å². The van der Waals surface area contributed by atoms with E-state index in [1.165, 1.54) is 78.2 Å². The third-order valence-electron chi connectivity index (χ3n) is 7.70. The van der Waals surface area contributed by atoms with Crippen LogP contribution in [-0.4, -0.2) is 0 Å². The molecule has 0 amide bonds. The molecule has 4 aliphatic heterocycles. The first-order chi connectivity index (χ1) is 17.3. The second-order valence-electron chi connectivity index (χ2n) is 9.97. The van der Waals surface area contributed by atoms with Gasteiger partial charge in [-0.2, -0.15) is 0 Å². The van der Waals surface area contributed by atoms with E-state index in [4.69, 9.17) is 4.74 Å². The van der Waals surface area contributed by atoms with Gasteiger partial charge in [0.15, 0.2) is 0 Å². The lowest BCUT2D eigenvalue weighted by atomic mass is 9.92. The number of rotatable bonds is 0. The average molecular weight is 453 g/mol. The van der Waals surface area contributed by atoms with Crippen LogP contribution < -0.4 is 0 Å². The number of aryl methyl sites for hydroxylation is 2. The van der Waals surface area contributed by atoms with Crippen molar-refractivity contribution in [2.45, 2.75) is 38.9 Å². The third-order valence-corrected chi connectivity index (χ3v) is 7.70. The third kappa shape index (κ3) is 3.68. The minimum atomic E-state index is 0.615. The van der Waals surface area contributed by atoms with Crippen molar-refractivity contribution < 1.29 is 4.74 Å². The lowest BCUT2D eigenvalue weighted by Crippen LogP contribution is -1.95. The molecule has 4 aliphatic rings. The van der Waals surface area contributed by atoms with Gasteiger partial charge in [-0.3, -0.25) is 0 Å². The Bertz CT molecular complexity index is 1600. The first-order valence-corrected chi connectivity index (χ1v) is 12.8. The van der Waals surface area contributed by atoms with Gasteiger partial charge in [0.25, 0.3) is 0 Å². The van der Waals surface area contributed by atoms with Crippen molar-refractivity contribution in [2.24, 2.45) is 0 Å². The fourth-order valence-corrected chi connectivity index (χ4v) is 5.96. The van der Waals surface area contributed by atoms with Gasteiger partial charge in [0, 0.05) is 0 Å². The SMILES string of the molecule is c1ccc2c(c1)c1cc3ccc(cc32)COCc2ccc3cc(c4ccccc4c3c2)CCCC1. The van der Waals surface area contributed by atoms with Crippen LogP contribution in [0.15, 0.2) is 97.1 Å². The monoisotopic (exact) mass is 452 g/mol. The summed E-state index contributed by atoms with van der Waals surface area (Å²) in [7, 11) is 0. The maximum Gasteiger partial charge on any atom is 0.0721 e. The van der Waals surface area contributed by atoms with E-state index in [2.05, 4.69) is 97.1 Å². The second kappa shape index (κ2) is 8.52. The lowest BCUT2D eigenvalue weighted by molar-refractivity contribution is 0.107. The predicted molar refractivity (Wildman–Crippen MR) is 148 cm³/mol. The van der Waals surface area contributed by atoms with Gasteiger partial charge in [-0.25, -0.2) is 0 Å². The smallest absolute Gasteiger partial charge is 0.0721 e. The van der Waals surface area contributed by atoms with E-state index < -0.39 is 0 Å². The summed E-state index contributed by atoms with van der Waals surface area (Å²) in [6.45, 7) is 1.23. The van der Waals surface area contributed by atoms with E-state index >= 15 is 0 Å². The highest BCUT2D eigenvalue weighted by molar-refractivity contribution is 6.10. The standard InChI is InChI=1S/C34H28O/c1-2-8-26-20-28-16-14-24(18-34(28)32-12-6-4-10-30(26)32)22-35-21-23-13-15-27-19-25(7-1)29-9-3-5-11-31(29)33(27)17-23/h3-6,9-20H,1-2,7-8,21-22H2. The van der Waals surface area contributed by atoms with Crippen molar-refractivity contribution in [3.8, 4) is 0 Å². The molecular formula is C34H28O. The van der Waals surface area contributed by atoms with Crippen molar-refractivity contribution in [2.75, 3.05) is 0 Å². The average Bonchev–Trinajstić information content (AvgIpc) is 2.91. The molecule has 170 valence electrons. The number of benzene rings is 6. The summed E-state index contributed by atoms with van der Waals surface area (Å²) in [5.41, 5.74) is 5.38. The van der Waals surface area contributed by atoms with Gasteiger partial charge < -0.3 is 4.74 Å². The summed E-state index contributed by atoms with van der Waals surface area (Å²) in [6, 6.07) is 36.3. The molecule has 0 saturated carbocycles. The Morgan fingerprint density at radius 1 is 0.429 bits per heavy atom. The Morgan fingerprint density at radius 2 is 0.886 bits per heavy atom. The predicted octanol–water partition coefficient (Wildman–Crippen LogP) is 8.89. The van der Waals surface area contributed by atoms with Crippen LogP contribution in [0, 0.1) is 0 Å². The first kappa shape index (κ1) is 20.7. The van der Waals surface area contributed by atoms with Gasteiger partial charge in [0.1, 0.15) is 0 Å². The normalized spacial score (nSPS) is 14.6. The Hall–Kier alpha value is -3.68. The molecule has 1 heteroatoms. The molecule has 8 bridgehead atoms. The molecule has 1 nitrogen and oxygen atoms in total. The largest absolute Gasteiger partial charge is 0.372 e. The summed E-state index contributed by atoms with van der Waals surface area (Å²) in [5.74, 6) is 0. The minimum absolute atomic E-state index is 0.615. The van der Waals surface area contributed by atoms with Gasteiger partial charge in [0.05, 0.1) is 13.2 Å². The van der Waals surface area contributed by atoms with E-state index in [0.29, 0.717) is 13.2 Å². The molecule has 0 aromatic heterocycles. The Balaban J connectivity index is 1.37. The molecule has 6 aromatic carbocycles. The van der Waals surface area contributed by atoms with Crippen LogP contribution in [0.3, 0.4) is 0 Å². The molecule has 0 aliphatic carbocycles. The minimum Gasteiger partial charge on any atom is -0.372 e. The fourth-order valence-electron chi connectivity index (χ4n) is 5.96. The quantitative estimate of drug-likeness (QED) is 0.209. The lowest BCUT2D eigenvalue weighted by Gasteiger charge is -2.13. The summed E-state index contributed by atoms with van der Waals surface area (Å²) in [6.07, 6.45) is 4.59. The Labute approximate surface area is 206 Å². The van der Waals surface area contributed by atoms with E-state index in [-0.39, 0.29) is 0 Å². The first-order valence-electron chi connectivity index (χ1n) is 12.8. The molecule has 0 atom stereocenters. The van der Waals surface area contributed by atoms with Crippen LogP contribution >= 0.6 is 0 Å². The van der Waals surface area contributed by atoms with Gasteiger partial charge in [-0.15, -0.1) is 0 Å². The number of hydrogen-bond donors (Lipinski definition) is 0. The van der Waals surface area contributed by atoms with Crippen molar-refractivity contribution in [3.05, 3.63) is 119 Å². The summed E-state index contributed by atoms with van der Waals surface area (Å²) in [5, 5.41) is 10.8. The van der Waals surface area contributed by atoms with Crippen molar-refractivity contribution in [1.29, 1.82) is 0 Å². The van der Waals surface area contributed by atoms with E-state index in [1.54, 1.807) is 0 Å². The van der Waals surface area contributed by atoms with Crippen molar-refractivity contribution >= 4 is 43.1 Å². The molecule has 0 fully saturated rings.